The van der Waals surface area contributed by atoms with Gasteiger partial charge in [0.1, 0.15) is 0 Å². The van der Waals surface area contributed by atoms with Crippen LogP contribution in [0.5, 0.6) is 0 Å². The summed E-state index contributed by atoms with van der Waals surface area (Å²) in [4.78, 5) is 13.7. The van der Waals surface area contributed by atoms with Gasteiger partial charge in [-0.3, -0.25) is 4.79 Å². The topological polar surface area (TPSA) is 20.3 Å². The Morgan fingerprint density at radius 3 is 2.29 bits per heavy atom. The minimum absolute atomic E-state index is 0.330. The lowest BCUT2D eigenvalue weighted by Gasteiger charge is -2.26. The number of hydrogen-bond donors (Lipinski definition) is 0. The van der Waals surface area contributed by atoms with E-state index in [2.05, 4.69) is 25.7 Å². The fourth-order valence-corrected chi connectivity index (χ4v) is 1.56. The molecule has 0 bridgehead atoms. The van der Waals surface area contributed by atoms with Gasteiger partial charge in [-0.15, -0.1) is 0 Å². The van der Waals surface area contributed by atoms with Crippen molar-refractivity contribution in [2.45, 2.75) is 59.4 Å². The van der Waals surface area contributed by atoms with E-state index in [4.69, 9.17) is 0 Å². The van der Waals surface area contributed by atoms with Crippen LogP contribution in [0.2, 0.25) is 0 Å². The van der Waals surface area contributed by atoms with Gasteiger partial charge in [0.15, 0.2) is 0 Å². The zero-order valence-electron chi connectivity index (χ0n) is 9.97. The molecule has 0 aliphatic heterocycles. The summed E-state index contributed by atoms with van der Waals surface area (Å²) in [5.74, 6) is 0.330. The third kappa shape index (κ3) is 3.69. The molecule has 1 saturated carbocycles. The van der Waals surface area contributed by atoms with E-state index in [0.29, 0.717) is 23.8 Å². The summed E-state index contributed by atoms with van der Waals surface area (Å²) in [5.41, 5.74) is 0.334. The van der Waals surface area contributed by atoms with Crippen molar-refractivity contribution in [3.63, 3.8) is 0 Å². The maximum atomic E-state index is 11.6. The van der Waals surface area contributed by atoms with Crippen LogP contribution in [0.4, 0.5) is 0 Å². The fraction of sp³-hybridized carbons (Fsp3) is 0.917. The molecule has 2 heteroatoms. The third-order valence-corrected chi connectivity index (χ3v) is 2.71. The molecule has 0 aromatic heterocycles. The van der Waals surface area contributed by atoms with Gasteiger partial charge >= 0.3 is 0 Å². The van der Waals surface area contributed by atoms with Gasteiger partial charge in [-0.1, -0.05) is 27.7 Å². The standard InChI is InChI=1S/C12H23NO/c1-5-11(14)13(10-6-7-10)9-8-12(2,3)4/h10H,5-9H2,1-4H3. The Kier molecular flexibility index (Phi) is 3.57. The van der Waals surface area contributed by atoms with E-state index in [0.717, 1.165) is 13.0 Å². The van der Waals surface area contributed by atoms with E-state index in [9.17, 15) is 4.79 Å². The minimum Gasteiger partial charge on any atom is -0.340 e. The zero-order chi connectivity index (χ0) is 10.8. The highest BCUT2D eigenvalue weighted by molar-refractivity contribution is 5.76. The predicted octanol–water partition coefficient (Wildman–Crippen LogP) is 2.82. The first kappa shape index (κ1) is 11.5. The van der Waals surface area contributed by atoms with Gasteiger partial charge in [-0.25, -0.2) is 0 Å². The van der Waals surface area contributed by atoms with Crippen molar-refractivity contribution < 1.29 is 4.79 Å². The Bertz CT molecular complexity index is 201. The Morgan fingerprint density at radius 1 is 1.36 bits per heavy atom. The summed E-state index contributed by atoms with van der Waals surface area (Å²) in [6.07, 6.45) is 4.20. The van der Waals surface area contributed by atoms with Gasteiger partial charge in [0.2, 0.25) is 5.91 Å². The summed E-state index contributed by atoms with van der Waals surface area (Å²) < 4.78 is 0. The average Bonchev–Trinajstić information content (AvgIpc) is 2.86. The van der Waals surface area contributed by atoms with Crippen molar-refractivity contribution in [1.82, 2.24) is 4.90 Å². The number of carbonyl (C=O) groups is 1. The highest BCUT2D eigenvalue weighted by Gasteiger charge is 2.31. The van der Waals surface area contributed by atoms with Crippen LogP contribution >= 0.6 is 0 Å². The minimum atomic E-state index is 0.330. The van der Waals surface area contributed by atoms with E-state index < -0.39 is 0 Å². The molecule has 1 aliphatic rings. The predicted molar refractivity (Wildman–Crippen MR) is 59.1 cm³/mol. The van der Waals surface area contributed by atoms with Crippen LogP contribution in [-0.4, -0.2) is 23.4 Å². The fourth-order valence-electron chi connectivity index (χ4n) is 1.56. The van der Waals surface area contributed by atoms with Crippen molar-refractivity contribution in [2.24, 2.45) is 5.41 Å². The summed E-state index contributed by atoms with van der Waals surface area (Å²) in [5, 5.41) is 0. The maximum Gasteiger partial charge on any atom is 0.222 e. The quantitative estimate of drug-likeness (QED) is 0.678. The van der Waals surface area contributed by atoms with E-state index >= 15 is 0 Å². The van der Waals surface area contributed by atoms with Crippen LogP contribution in [0, 0.1) is 5.41 Å². The first-order valence-corrected chi connectivity index (χ1v) is 5.73. The highest BCUT2D eigenvalue weighted by Crippen LogP contribution is 2.29. The van der Waals surface area contributed by atoms with Crippen molar-refractivity contribution in [2.75, 3.05) is 6.54 Å². The first-order chi connectivity index (χ1) is 6.44. The molecular formula is C12H23NO. The van der Waals surface area contributed by atoms with Crippen LogP contribution in [0.25, 0.3) is 0 Å². The molecule has 0 heterocycles. The van der Waals surface area contributed by atoms with Gasteiger partial charge in [0.05, 0.1) is 0 Å². The molecular weight excluding hydrogens is 174 g/mol. The second-order valence-corrected chi connectivity index (χ2v) is 5.48. The van der Waals surface area contributed by atoms with E-state index in [1.165, 1.54) is 12.8 Å². The number of carbonyl (C=O) groups excluding carboxylic acids is 1. The molecule has 0 spiro atoms. The van der Waals surface area contributed by atoms with Gasteiger partial charge in [0, 0.05) is 19.0 Å². The van der Waals surface area contributed by atoms with E-state index in [-0.39, 0.29) is 0 Å². The van der Waals surface area contributed by atoms with Crippen LogP contribution in [0.15, 0.2) is 0 Å². The SMILES string of the molecule is CCC(=O)N(CCC(C)(C)C)C1CC1. The monoisotopic (exact) mass is 197 g/mol. The average molecular weight is 197 g/mol. The number of amides is 1. The van der Waals surface area contributed by atoms with Crippen molar-refractivity contribution >= 4 is 5.91 Å². The Hall–Kier alpha value is -0.530. The molecule has 1 amide bonds. The van der Waals surface area contributed by atoms with Crippen LogP contribution in [-0.2, 0) is 4.79 Å². The summed E-state index contributed by atoms with van der Waals surface area (Å²) in [7, 11) is 0. The molecule has 0 aromatic carbocycles. The molecule has 14 heavy (non-hydrogen) atoms. The largest absolute Gasteiger partial charge is 0.340 e. The third-order valence-electron chi connectivity index (χ3n) is 2.71. The Labute approximate surface area is 87.7 Å². The molecule has 0 saturated heterocycles. The highest BCUT2D eigenvalue weighted by atomic mass is 16.2. The Balaban J connectivity index is 2.40. The van der Waals surface area contributed by atoms with Crippen LogP contribution in [0.3, 0.4) is 0 Å². The van der Waals surface area contributed by atoms with Gasteiger partial charge in [0.25, 0.3) is 0 Å². The maximum absolute atomic E-state index is 11.6. The van der Waals surface area contributed by atoms with Gasteiger partial charge in [-0.05, 0) is 24.7 Å². The van der Waals surface area contributed by atoms with E-state index in [1.54, 1.807) is 0 Å². The van der Waals surface area contributed by atoms with Crippen molar-refractivity contribution in [1.29, 1.82) is 0 Å². The molecule has 1 aliphatic carbocycles. The van der Waals surface area contributed by atoms with Crippen molar-refractivity contribution in [3.05, 3.63) is 0 Å². The molecule has 0 radical (unpaired) electrons. The molecule has 82 valence electrons. The second-order valence-electron chi connectivity index (χ2n) is 5.48. The first-order valence-electron chi connectivity index (χ1n) is 5.73. The molecule has 0 unspecified atom stereocenters. The lowest BCUT2D eigenvalue weighted by Crippen LogP contribution is -2.35. The van der Waals surface area contributed by atoms with Gasteiger partial charge < -0.3 is 4.90 Å². The number of nitrogens with zero attached hydrogens (tertiary/aromatic N) is 1. The molecule has 0 N–H and O–H groups in total. The van der Waals surface area contributed by atoms with E-state index in [1.807, 2.05) is 6.92 Å². The number of rotatable bonds is 4. The smallest absolute Gasteiger partial charge is 0.222 e. The molecule has 1 fully saturated rings. The summed E-state index contributed by atoms with van der Waals surface area (Å²) in [6.45, 7) is 9.59. The molecule has 0 atom stereocenters. The van der Waals surface area contributed by atoms with Crippen molar-refractivity contribution in [3.8, 4) is 0 Å². The Morgan fingerprint density at radius 2 is 1.93 bits per heavy atom. The molecule has 1 rings (SSSR count). The zero-order valence-corrected chi connectivity index (χ0v) is 9.97. The second kappa shape index (κ2) is 4.33. The summed E-state index contributed by atoms with van der Waals surface area (Å²) >= 11 is 0. The number of hydrogen-bond acceptors (Lipinski definition) is 1. The lowest BCUT2D eigenvalue weighted by atomic mass is 9.92. The van der Waals surface area contributed by atoms with Crippen LogP contribution in [0.1, 0.15) is 53.4 Å². The summed E-state index contributed by atoms with van der Waals surface area (Å²) in [6, 6.07) is 0.574. The molecule has 0 aromatic rings. The molecule has 2 nitrogen and oxygen atoms in total. The van der Waals surface area contributed by atoms with Gasteiger partial charge in [-0.2, -0.15) is 0 Å². The van der Waals surface area contributed by atoms with Crippen LogP contribution < -0.4 is 0 Å². The normalized spacial score (nSPS) is 16.9. The lowest BCUT2D eigenvalue weighted by molar-refractivity contribution is -0.131.